The predicted molar refractivity (Wildman–Crippen MR) is 118 cm³/mol. The summed E-state index contributed by atoms with van der Waals surface area (Å²) in [6.45, 7) is 0.794. The summed E-state index contributed by atoms with van der Waals surface area (Å²) in [4.78, 5) is 23.6. The van der Waals surface area contributed by atoms with Crippen LogP contribution in [-0.4, -0.2) is 46.7 Å². The third-order valence-corrected chi connectivity index (χ3v) is 5.78. The number of nitrogens with zero attached hydrogens (tertiary/aromatic N) is 4. The van der Waals surface area contributed by atoms with Crippen LogP contribution in [0.15, 0.2) is 47.2 Å². The van der Waals surface area contributed by atoms with E-state index in [1.165, 1.54) is 0 Å². The van der Waals surface area contributed by atoms with Crippen molar-refractivity contribution in [1.82, 2.24) is 20.0 Å². The van der Waals surface area contributed by atoms with E-state index in [1.807, 2.05) is 29.3 Å². The molecule has 3 heterocycles. The summed E-state index contributed by atoms with van der Waals surface area (Å²) in [6.07, 6.45) is 8.44. The number of aromatic nitrogens is 3. The van der Waals surface area contributed by atoms with Gasteiger partial charge in [-0.25, -0.2) is 0 Å². The average molecular weight is 437 g/mol. The minimum atomic E-state index is 0.116. The number of methoxy groups -OCH3 is 2. The molecule has 0 radical (unpaired) electrons. The Labute approximate surface area is 187 Å². The minimum Gasteiger partial charge on any atom is -0.493 e. The first-order valence-corrected chi connectivity index (χ1v) is 10.9. The summed E-state index contributed by atoms with van der Waals surface area (Å²) in [5, 5.41) is 4.07. The van der Waals surface area contributed by atoms with Crippen LogP contribution in [0.1, 0.15) is 49.6 Å². The van der Waals surface area contributed by atoms with Crippen LogP contribution < -0.4 is 9.47 Å². The smallest absolute Gasteiger partial charge is 0.226 e. The molecule has 0 unspecified atom stereocenters. The molecule has 8 nitrogen and oxygen atoms in total. The monoisotopic (exact) mass is 436 g/mol. The van der Waals surface area contributed by atoms with E-state index >= 15 is 0 Å². The van der Waals surface area contributed by atoms with E-state index in [4.69, 9.17) is 14.0 Å². The van der Waals surface area contributed by atoms with Crippen molar-refractivity contribution in [3.05, 3.63) is 54.2 Å². The zero-order valence-corrected chi connectivity index (χ0v) is 18.5. The maximum absolute atomic E-state index is 12.9. The highest BCUT2D eigenvalue weighted by Gasteiger charge is 2.27. The van der Waals surface area contributed by atoms with E-state index in [2.05, 4.69) is 21.2 Å². The van der Waals surface area contributed by atoms with Gasteiger partial charge in [-0.2, -0.15) is 4.98 Å². The second kappa shape index (κ2) is 10.3. The molecular formula is C24H28N4O4. The molecule has 1 aromatic carbocycles. The molecule has 0 N–H and O–H groups in total. The van der Waals surface area contributed by atoms with E-state index in [9.17, 15) is 4.79 Å². The van der Waals surface area contributed by atoms with Crippen LogP contribution in [0.2, 0.25) is 0 Å². The fourth-order valence-electron chi connectivity index (χ4n) is 4.13. The van der Waals surface area contributed by atoms with Crippen LogP contribution in [0.4, 0.5) is 0 Å². The SMILES string of the molecule is COc1ccc(-c2noc(CCCC(=O)N3CCCC[C@@H]3c3cccnc3)n2)cc1OC. The van der Waals surface area contributed by atoms with Crippen molar-refractivity contribution < 1.29 is 18.8 Å². The fraction of sp³-hybridized carbons (Fsp3) is 0.417. The van der Waals surface area contributed by atoms with Crippen LogP contribution in [0, 0.1) is 0 Å². The summed E-state index contributed by atoms with van der Waals surface area (Å²) in [5.41, 5.74) is 1.89. The number of rotatable bonds is 8. The highest BCUT2D eigenvalue weighted by Crippen LogP contribution is 2.32. The van der Waals surface area contributed by atoms with Crippen molar-refractivity contribution in [2.75, 3.05) is 20.8 Å². The number of ether oxygens (including phenoxy) is 2. The van der Waals surface area contributed by atoms with Gasteiger partial charge in [-0.05, 0) is 55.5 Å². The van der Waals surface area contributed by atoms with Gasteiger partial charge >= 0.3 is 0 Å². The molecule has 1 saturated heterocycles. The van der Waals surface area contributed by atoms with Gasteiger partial charge in [-0.1, -0.05) is 11.2 Å². The largest absolute Gasteiger partial charge is 0.493 e. The quantitative estimate of drug-likeness (QED) is 0.522. The lowest BCUT2D eigenvalue weighted by Gasteiger charge is -2.36. The summed E-state index contributed by atoms with van der Waals surface area (Å²) < 4.78 is 16.0. The predicted octanol–water partition coefficient (Wildman–Crippen LogP) is 4.23. The molecule has 1 amide bonds. The first kappa shape index (κ1) is 21.8. The Kier molecular flexibility index (Phi) is 6.99. The Hall–Kier alpha value is -3.42. The van der Waals surface area contributed by atoms with Gasteiger partial charge in [-0.3, -0.25) is 9.78 Å². The maximum atomic E-state index is 12.9. The third-order valence-electron chi connectivity index (χ3n) is 5.78. The van der Waals surface area contributed by atoms with Crippen LogP contribution in [0.3, 0.4) is 0 Å². The maximum Gasteiger partial charge on any atom is 0.226 e. The number of hydrogen-bond acceptors (Lipinski definition) is 7. The Morgan fingerprint density at radius 2 is 2.06 bits per heavy atom. The van der Waals surface area contributed by atoms with Crippen LogP contribution >= 0.6 is 0 Å². The molecule has 3 aromatic rings. The van der Waals surface area contributed by atoms with Gasteiger partial charge in [0.1, 0.15) is 0 Å². The zero-order chi connectivity index (χ0) is 22.3. The van der Waals surface area contributed by atoms with Crippen molar-refractivity contribution in [3.63, 3.8) is 0 Å². The molecule has 0 spiro atoms. The topological polar surface area (TPSA) is 90.6 Å². The number of carbonyl (C=O) groups excluding carboxylic acids is 1. The normalized spacial score (nSPS) is 16.1. The van der Waals surface area contributed by atoms with E-state index in [-0.39, 0.29) is 11.9 Å². The third kappa shape index (κ3) is 4.90. The minimum absolute atomic E-state index is 0.116. The summed E-state index contributed by atoms with van der Waals surface area (Å²) in [6, 6.07) is 9.57. The molecule has 1 aliphatic rings. The molecule has 1 atom stereocenters. The molecule has 0 saturated carbocycles. The number of likely N-dealkylation sites (tertiary alicyclic amines) is 1. The highest BCUT2D eigenvalue weighted by atomic mass is 16.5. The first-order valence-electron chi connectivity index (χ1n) is 10.9. The Balaban J connectivity index is 1.35. The van der Waals surface area contributed by atoms with E-state index in [0.717, 1.165) is 36.9 Å². The van der Waals surface area contributed by atoms with Gasteiger partial charge in [0, 0.05) is 37.3 Å². The molecule has 4 rings (SSSR count). The molecule has 168 valence electrons. The first-order chi connectivity index (χ1) is 15.7. The molecule has 2 aromatic heterocycles. The second-order valence-corrected chi connectivity index (χ2v) is 7.82. The zero-order valence-electron chi connectivity index (χ0n) is 18.5. The van der Waals surface area contributed by atoms with Crippen molar-refractivity contribution in [2.45, 2.75) is 44.6 Å². The fourth-order valence-corrected chi connectivity index (χ4v) is 4.13. The number of amides is 1. The van der Waals surface area contributed by atoms with Gasteiger partial charge in [-0.15, -0.1) is 0 Å². The van der Waals surface area contributed by atoms with E-state index in [0.29, 0.717) is 42.5 Å². The Morgan fingerprint density at radius 3 is 2.84 bits per heavy atom. The average Bonchev–Trinajstić information content (AvgIpc) is 3.33. The van der Waals surface area contributed by atoms with Crippen LogP contribution in [0.25, 0.3) is 11.4 Å². The molecule has 1 fully saturated rings. The van der Waals surface area contributed by atoms with Crippen molar-refractivity contribution in [2.24, 2.45) is 0 Å². The highest BCUT2D eigenvalue weighted by molar-refractivity contribution is 5.76. The molecule has 8 heteroatoms. The molecular weight excluding hydrogens is 408 g/mol. The van der Waals surface area contributed by atoms with Gasteiger partial charge < -0.3 is 18.9 Å². The lowest BCUT2D eigenvalue weighted by Crippen LogP contribution is -2.38. The van der Waals surface area contributed by atoms with Crippen LogP contribution in [-0.2, 0) is 11.2 Å². The Morgan fingerprint density at radius 1 is 1.19 bits per heavy atom. The number of pyridine rings is 1. The number of aryl methyl sites for hydroxylation is 1. The standard InChI is InChI=1S/C24H28N4O4/c1-30-20-12-11-17(15-21(20)31-2)24-26-22(32-27-24)9-5-10-23(29)28-14-4-3-8-19(28)18-7-6-13-25-16-18/h6-7,11-13,15-16,19H,3-5,8-10,14H2,1-2H3/t19-/m1/s1. The van der Waals surface area contributed by atoms with Gasteiger partial charge in [0.2, 0.25) is 17.6 Å². The summed E-state index contributed by atoms with van der Waals surface area (Å²) >= 11 is 0. The van der Waals surface area contributed by atoms with E-state index in [1.54, 1.807) is 26.5 Å². The number of benzene rings is 1. The summed E-state index contributed by atoms with van der Waals surface area (Å²) in [7, 11) is 3.18. The molecule has 0 aliphatic carbocycles. The van der Waals surface area contributed by atoms with Crippen molar-refractivity contribution in [1.29, 1.82) is 0 Å². The molecule has 32 heavy (non-hydrogen) atoms. The summed E-state index contributed by atoms with van der Waals surface area (Å²) in [5.74, 6) is 2.41. The lowest BCUT2D eigenvalue weighted by molar-refractivity contribution is -0.135. The number of piperidine rings is 1. The Bertz CT molecular complexity index is 1040. The van der Waals surface area contributed by atoms with Gasteiger partial charge in [0.15, 0.2) is 11.5 Å². The van der Waals surface area contributed by atoms with Gasteiger partial charge in [0.25, 0.3) is 0 Å². The van der Waals surface area contributed by atoms with Crippen LogP contribution in [0.5, 0.6) is 11.5 Å². The number of carbonyl (C=O) groups is 1. The van der Waals surface area contributed by atoms with E-state index < -0.39 is 0 Å². The molecule has 1 aliphatic heterocycles. The van der Waals surface area contributed by atoms with Crippen molar-refractivity contribution in [3.8, 4) is 22.9 Å². The van der Waals surface area contributed by atoms with Crippen molar-refractivity contribution >= 4 is 5.91 Å². The molecule has 0 bridgehead atoms. The van der Waals surface area contributed by atoms with Gasteiger partial charge in [0.05, 0.1) is 20.3 Å². The second-order valence-electron chi connectivity index (χ2n) is 7.82. The number of hydrogen-bond donors (Lipinski definition) is 0. The lowest BCUT2D eigenvalue weighted by atomic mass is 9.96.